The van der Waals surface area contributed by atoms with Crippen molar-refractivity contribution in [3.05, 3.63) is 11.6 Å². The SMILES string of the molecule is C[C@]12CC3CC(NC(=O)Nc4nc(Cl)nc5c4ncn5[C@@H]4O[C@H](CCP(=O)(O)O)C(O)[C@@H]4O)(C1)C[C@@](C)(C3)C2. The van der Waals surface area contributed by atoms with Gasteiger partial charge in [0.15, 0.2) is 23.2 Å². The van der Waals surface area contributed by atoms with Gasteiger partial charge in [0.25, 0.3) is 0 Å². The summed E-state index contributed by atoms with van der Waals surface area (Å²) >= 11 is 6.20. The van der Waals surface area contributed by atoms with E-state index in [2.05, 4.69) is 39.4 Å². The number of hydrogen-bond acceptors (Lipinski definition) is 8. The van der Waals surface area contributed by atoms with Gasteiger partial charge in [-0.3, -0.25) is 14.4 Å². The van der Waals surface area contributed by atoms with Gasteiger partial charge in [-0.15, -0.1) is 0 Å². The number of imidazole rings is 1. The van der Waals surface area contributed by atoms with E-state index in [4.69, 9.17) is 16.3 Å². The van der Waals surface area contributed by atoms with Crippen molar-refractivity contribution < 1.29 is 34.1 Å². The number of halogens is 1. The van der Waals surface area contributed by atoms with Crippen LogP contribution in [0.25, 0.3) is 11.2 Å². The average molecular weight is 585 g/mol. The molecule has 8 atom stereocenters. The Kier molecular flexibility index (Phi) is 6.35. The number of hydrogen-bond donors (Lipinski definition) is 6. The van der Waals surface area contributed by atoms with E-state index < -0.39 is 44.3 Å². The Morgan fingerprint density at radius 2 is 1.85 bits per heavy atom. The Labute approximate surface area is 229 Å². The normalized spacial score (nSPS) is 39.4. The van der Waals surface area contributed by atoms with E-state index in [0.29, 0.717) is 5.92 Å². The van der Waals surface area contributed by atoms with Crippen LogP contribution in [0.1, 0.15) is 65.0 Å². The zero-order valence-electron chi connectivity index (χ0n) is 21.7. The van der Waals surface area contributed by atoms with E-state index >= 15 is 0 Å². The number of aromatic nitrogens is 4. The summed E-state index contributed by atoms with van der Waals surface area (Å²) in [5.74, 6) is 0.695. The number of urea groups is 1. The summed E-state index contributed by atoms with van der Waals surface area (Å²) in [4.78, 5) is 44.3. The van der Waals surface area contributed by atoms with E-state index in [0.717, 1.165) is 19.3 Å². The molecule has 5 aliphatic rings. The van der Waals surface area contributed by atoms with Gasteiger partial charge in [0.05, 0.1) is 18.6 Å². The molecule has 0 spiro atoms. The predicted molar refractivity (Wildman–Crippen MR) is 140 cm³/mol. The van der Waals surface area contributed by atoms with Crippen LogP contribution in [0.2, 0.25) is 5.28 Å². The molecule has 4 aliphatic carbocycles. The van der Waals surface area contributed by atoms with Crippen molar-refractivity contribution in [1.82, 2.24) is 24.8 Å². The molecule has 3 heterocycles. The Hall–Kier alpha value is -1.86. The number of anilines is 1. The van der Waals surface area contributed by atoms with Gasteiger partial charge in [0, 0.05) is 5.54 Å². The Balaban J connectivity index is 1.22. The molecule has 0 aromatic carbocycles. The summed E-state index contributed by atoms with van der Waals surface area (Å²) in [6, 6.07) is -0.403. The molecule has 214 valence electrons. The van der Waals surface area contributed by atoms with Crippen molar-refractivity contribution in [1.29, 1.82) is 0 Å². The van der Waals surface area contributed by atoms with Crippen LogP contribution in [0, 0.1) is 16.7 Å². The molecule has 0 radical (unpaired) electrons. The molecular formula is C24H34ClN6O7P. The van der Waals surface area contributed by atoms with Gasteiger partial charge in [-0.1, -0.05) is 13.8 Å². The summed E-state index contributed by atoms with van der Waals surface area (Å²) in [6.07, 6.45) is 2.14. The molecule has 2 aromatic heterocycles. The highest BCUT2D eigenvalue weighted by Gasteiger charge is 2.60. The van der Waals surface area contributed by atoms with Gasteiger partial charge in [-0.25, -0.2) is 9.78 Å². The fourth-order valence-electron chi connectivity index (χ4n) is 8.62. The lowest BCUT2D eigenvalue weighted by molar-refractivity contribution is -0.113. The highest BCUT2D eigenvalue weighted by Crippen LogP contribution is 2.66. The van der Waals surface area contributed by atoms with Crippen molar-refractivity contribution in [3.8, 4) is 0 Å². The maximum absolute atomic E-state index is 13.3. The van der Waals surface area contributed by atoms with Gasteiger partial charge in [-0.2, -0.15) is 9.97 Å². The molecule has 1 aliphatic heterocycles. The van der Waals surface area contributed by atoms with Gasteiger partial charge < -0.3 is 30.1 Å². The molecule has 4 saturated carbocycles. The number of nitrogens with one attached hydrogen (secondary N) is 2. The second-order valence-corrected chi connectivity index (χ2v) is 15.0. The minimum atomic E-state index is -4.32. The summed E-state index contributed by atoms with van der Waals surface area (Å²) in [6.45, 7) is 4.66. The zero-order chi connectivity index (χ0) is 28.0. The highest BCUT2D eigenvalue weighted by atomic mass is 35.5. The number of carbonyl (C=O) groups excluding carboxylic acids is 1. The third-order valence-electron chi connectivity index (χ3n) is 8.95. The van der Waals surface area contributed by atoms with E-state index in [1.54, 1.807) is 0 Å². The molecule has 7 rings (SSSR count). The minimum Gasteiger partial charge on any atom is -0.388 e. The first-order chi connectivity index (χ1) is 18.2. The van der Waals surface area contributed by atoms with Crippen molar-refractivity contribution in [2.45, 2.75) is 88.9 Å². The van der Waals surface area contributed by atoms with Crippen LogP contribution in [0.4, 0.5) is 10.6 Å². The molecular weight excluding hydrogens is 551 g/mol. The smallest absolute Gasteiger partial charge is 0.325 e. The minimum absolute atomic E-state index is 0.0921. The highest BCUT2D eigenvalue weighted by molar-refractivity contribution is 7.51. The Morgan fingerprint density at radius 3 is 2.49 bits per heavy atom. The van der Waals surface area contributed by atoms with Crippen LogP contribution in [0.3, 0.4) is 0 Å². The third kappa shape index (κ3) is 5.07. The van der Waals surface area contributed by atoms with Crippen LogP contribution in [-0.4, -0.2) is 75.6 Å². The Bertz CT molecular complexity index is 1350. The summed E-state index contributed by atoms with van der Waals surface area (Å²) < 4.78 is 18.4. The molecule has 4 bridgehead atoms. The van der Waals surface area contributed by atoms with E-state index in [1.165, 1.54) is 30.2 Å². The zero-order valence-corrected chi connectivity index (χ0v) is 23.4. The third-order valence-corrected chi connectivity index (χ3v) is 9.96. The lowest BCUT2D eigenvalue weighted by atomic mass is 9.43. The fourth-order valence-corrected chi connectivity index (χ4v) is 9.38. The number of aliphatic hydroxyl groups is 2. The van der Waals surface area contributed by atoms with Crippen molar-refractivity contribution in [2.24, 2.45) is 16.7 Å². The number of aliphatic hydroxyl groups excluding tert-OH is 2. The fraction of sp³-hybridized carbons (Fsp3) is 0.750. The molecule has 2 aromatic rings. The number of fused-ring (bicyclic) bond motifs is 1. The van der Waals surface area contributed by atoms with Crippen molar-refractivity contribution in [3.63, 3.8) is 0 Å². The second kappa shape index (κ2) is 9.07. The first kappa shape index (κ1) is 27.3. The van der Waals surface area contributed by atoms with Gasteiger partial charge in [0.2, 0.25) is 5.28 Å². The molecule has 5 fully saturated rings. The first-order valence-corrected chi connectivity index (χ1v) is 15.4. The molecule has 1 saturated heterocycles. The topological polar surface area (TPSA) is 192 Å². The number of carbonyl (C=O) groups is 1. The van der Waals surface area contributed by atoms with Gasteiger partial charge >= 0.3 is 13.6 Å². The van der Waals surface area contributed by atoms with Crippen molar-refractivity contribution >= 4 is 42.2 Å². The van der Waals surface area contributed by atoms with Crippen molar-refractivity contribution in [2.75, 3.05) is 11.5 Å². The first-order valence-electron chi connectivity index (χ1n) is 13.2. The summed E-state index contributed by atoms with van der Waals surface area (Å²) in [7, 11) is -4.32. The largest absolute Gasteiger partial charge is 0.388 e. The molecule has 39 heavy (non-hydrogen) atoms. The number of rotatable bonds is 6. The van der Waals surface area contributed by atoms with Crippen LogP contribution in [0.15, 0.2) is 6.33 Å². The lowest BCUT2D eigenvalue weighted by Crippen LogP contribution is -2.65. The molecule has 6 N–H and O–H groups in total. The van der Waals surface area contributed by atoms with Crippen LogP contribution in [-0.2, 0) is 9.30 Å². The Morgan fingerprint density at radius 1 is 1.15 bits per heavy atom. The monoisotopic (exact) mass is 584 g/mol. The van der Waals surface area contributed by atoms with E-state index in [-0.39, 0.29) is 45.1 Å². The predicted octanol–water partition coefficient (Wildman–Crippen LogP) is 2.54. The number of ether oxygens (including phenoxy) is 1. The molecule has 2 amide bonds. The summed E-state index contributed by atoms with van der Waals surface area (Å²) in [5, 5.41) is 26.9. The molecule has 15 heteroatoms. The van der Waals surface area contributed by atoms with Gasteiger partial charge in [-0.05, 0) is 73.3 Å². The average Bonchev–Trinajstić information content (AvgIpc) is 3.30. The quantitative estimate of drug-likeness (QED) is 0.217. The standard InChI is InChI=1S/C24H34ClN6O7P/c1-22-5-12-6-23(2,8-22)10-24(7-12,9-22)30-21(34)28-17-14-18(29-20(25)27-17)31(11-26-14)19-16(33)15(32)13(38-19)3-4-39(35,36)37/h11-13,15-16,19,32-33H,3-10H2,1-2H3,(H2,35,36,37)(H2,27,28,29,30,34)/t12?,13-,15?,16+,19-,22-,23+,24?/m1/s1. The van der Waals surface area contributed by atoms with Crippen LogP contribution >= 0.6 is 19.2 Å². The molecule has 3 unspecified atom stereocenters. The maximum Gasteiger partial charge on any atom is 0.325 e. The summed E-state index contributed by atoms with van der Waals surface area (Å²) in [5.41, 5.74) is 0.542. The van der Waals surface area contributed by atoms with Crippen LogP contribution in [0.5, 0.6) is 0 Å². The number of amides is 2. The lowest BCUT2D eigenvalue weighted by Gasteiger charge is -2.65. The van der Waals surface area contributed by atoms with Gasteiger partial charge in [0.1, 0.15) is 12.2 Å². The molecule has 13 nitrogen and oxygen atoms in total. The maximum atomic E-state index is 13.3. The van der Waals surface area contributed by atoms with Crippen LogP contribution < -0.4 is 10.6 Å². The van der Waals surface area contributed by atoms with E-state index in [1.807, 2.05) is 0 Å². The second-order valence-electron chi connectivity index (χ2n) is 12.9. The number of nitrogens with zero attached hydrogens (tertiary/aromatic N) is 4. The van der Waals surface area contributed by atoms with E-state index in [9.17, 15) is 29.4 Å².